The van der Waals surface area contributed by atoms with Crippen LogP contribution >= 0.6 is 23.1 Å². The standard InChI is InChI=1S/C25H19FN4O2S2/c26-18-9-3-5-11-20(18)30-24(32)16-8-1-4-10-19(16)28-25(30)33-14-22(31)29-23-17(13-27)15-7-2-6-12-21(15)34-23/h1,3-5,8-11H,2,6-7,12,14H2,(H,29,31). The second-order valence-electron chi connectivity index (χ2n) is 7.87. The van der Waals surface area contributed by atoms with Crippen LogP contribution in [-0.2, 0) is 17.6 Å². The van der Waals surface area contributed by atoms with E-state index in [1.165, 1.54) is 28.0 Å². The minimum absolute atomic E-state index is 0.0489. The minimum atomic E-state index is -0.559. The Hall–Kier alpha value is -3.48. The number of hydrogen-bond acceptors (Lipinski definition) is 6. The van der Waals surface area contributed by atoms with Gasteiger partial charge >= 0.3 is 0 Å². The lowest BCUT2D eigenvalue weighted by atomic mass is 9.96. The Morgan fingerprint density at radius 2 is 1.94 bits per heavy atom. The van der Waals surface area contributed by atoms with Gasteiger partial charge < -0.3 is 5.32 Å². The number of halogens is 1. The molecule has 0 spiro atoms. The maximum Gasteiger partial charge on any atom is 0.266 e. The molecular formula is C25H19FN4O2S2. The van der Waals surface area contributed by atoms with Crippen LogP contribution in [0.15, 0.2) is 58.5 Å². The SMILES string of the molecule is N#Cc1c(NC(=O)CSc2nc3ccccc3c(=O)n2-c2ccccc2F)sc2c1CCCC2. The Morgan fingerprint density at radius 3 is 2.76 bits per heavy atom. The molecule has 4 aromatic rings. The number of rotatable bonds is 5. The number of hydrogen-bond donors (Lipinski definition) is 1. The molecule has 1 aliphatic rings. The molecule has 1 N–H and O–H groups in total. The Kier molecular flexibility index (Phi) is 6.18. The van der Waals surface area contributed by atoms with E-state index in [0.29, 0.717) is 21.5 Å². The monoisotopic (exact) mass is 490 g/mol. The molecule has 0 saturated carbocycles. The minimum Gasteiger partial charge on any atom is -0.316 e. The lowest BCUT2D eigenvalue weighted by Crippen LogP contribution is -2.23. The average molecular weight is 491 g/mol. The molecule has 6 nitrogen and oxygen atoms in total. The number of carbonyl (C=O) groups excluding carboxylic acids is 1. The smallest absolute Gasteiger partial charge is 0.266 e. The summed E-state index contributed by atoms with van der Waals surface area (Å²) in [5, 5.41) is 13.6. The fourth-order valence-corrected chi connectivity index (χ4v) is 6.18. The van der Waals surface area contributed by atoms with Gasteiger partial charge in [0.05, 0.1) is 27.9 Å². The zero-order chi connectivity index (χ0) is 23.7. The van der Waals surface area contributed by atoms with Gasteiger partial charge in [0.25, 0.3) is 5.56 Å². The number of aryl methyl sites for hydroxylation is 1. The van der Waals surface area contributed by atoms with E-state index >= 15 is 0 Å². The molecule has 2 heterocycles. The van der Waals surface area contributed by atoms with Gasteiger partial charge in [-0.3, -0.25) is 14.2 Å². The Morgan fingerprint density at radius 1 is 1.18 bits per heavy atom. The zero-order valence-corrected chi connectivity index (χ0v) is 19.6. The highest BCUT2D eigenvalue weighted by Gasteiger charge is 2.22. The highest BCUT2D eigenvalue weighted by Crippen LogP contribution is 2.37. The van der Waals surface area contributed by atoms with Gasteiger partial charge in [-0.2, -0.15) is 5.26 Å². The molecule has 0 bridgehead atoms. The van der Waals surface area contributed by atoms with Crippen molar-refractivity contribution in [2.75, 3.05) is 11.1 Å². The number of fused-ring (bicyclic) bond motifs is 2. The molecule has 2 aromatic carbocycles. The number of anilines is 1. The van der Waals surface area contributed by atoms with Crippen molar-refractivity contribution in [2.24, 2.45) is 0 Å². The summed E-state index contributed by atoms with van der Waals surface area (Å²) in [6.45, 7) is 0. The van der Waals surface area contributed by atoms with Crippen LogP contribution < -0.4 is 10.9 Å². The number of carbonyl (C=O) groups is 1. The van der Waals surface area contributed by atoms with E-state index in [2.05, 4.69) is 16.4 Å². The first-order chi connectivity index (χ1) is 16.6. The Bertz CT molecular complexity index is 1520. The number of benzene rings is 2. The van der Waals surface area contributed by atoms with Crippen LogP contribution in [-0.4, -0.2) is 21.2 Å². The number of nitrogens with one attached hydrogen (secondary N) is 1. The molecule has 34 heavy (non-hydrogen) atoms. The first-order valence-electron chi connectivity index (χ1n) is 10.8. The molecule has 170 valence electrons. The van der Waals surface area contributed by atoms with Crippen molar-refractivity contribution < 1.29 is 9.18 Å². The van der Waals surface area contributed by atoms with Gasteiger partial charge in [0.15, 0.2) is 5.16 Å². The summed E-state index contributed by atoms with van der Waals surface area (Å²) in [6.07, 6.45) is 3.91. The molecule has 0 unspecified atom stereocenters. The van der Waals surface area contributed by atoms with Crippen molar-refractivity contribution in [3.05, 3.63) is 80.7 Å². The molecule has 9 heteroatoms. The van der Waals surface area contributed by atoms with Crippen molar-refractivity contribution in [1.82, 2.24) is 9.55 Å². The maximum absolute atomic E-state index is 14.6. The van der Waals surface area contributed by atoms with Crippen molar-refractivity contribution in [2.45, 2.75) is 30.8 Å². The third-order valence-electron chi connectivity index (χ3n) is 5.71. The Balaban J connectivity index is 1.46. The molecule has 0 radical (unpaired) electrons. The van der Waals surface area contributed by atoms with Crippen LogP contribution in [0.2, 0.25) is 0 Å². The third kappa shape index (κ3) is 4.11. The number of para-hydroxylation sites is 2. The first-order valence-corrected chi connectivity index (χ1v) is 12.6. The third-order valence-corrected chi connectivity index (χ3v) is 7.85. The van der Waals surface area contributed by atoms with E-state index in [4.69, 9.17) is 0 Å². The Labute approximate surface area is 203 Å². The van der Waals surface area contributed by atoms with Crippen molar-refractivity contribution in [3.63, 3.8) is 0 Å². The van der Waals surface area contributed by atoms with Crippen molar-refractivity contribution in [1.29, 1.82) is 5.26 Å². The van der Waals surface area contributed by atoms with Crippen molar-refractivity contribution >= 4 is 44.9 Å². The van der Waals surface area contributed by atoms with Gasteiger partial charge in [-0.1, -0.05) is 36.0 Å². The summed E-state index contributed by atoms with van der Waals surface area (Å²) < 4.78 is 15.8. The molecule has 5 rings (SSSR count). The predicted octanol–water partition coefficient (Wildman–Crippen LogP) is 5.07. The van der Waals surface area contributed by atoms with Gasteiger partial charge in [-0.15, -0.1) is 11.3 Å². The largest absolute Gasteiger partial charge is 0.316 e. The van der Waals surface area contributed by atoms with Gasteiger partial charge in [-0.05, 0) is 55.5 Å². The van der Waals surface area contributed by atoms with Gasteiger partial charge in [0.1, 0.15) is 16.9 Å². The predicted molar refractivity (Wildman–Crippen MR) is 132 cm³/mol. The lowest BCUT2D eigenvalue weighted by molar-refractivity contribution is -0.113. The molecule has 0 aliphatic heterocycles. The molecule has 0 atom stereocenters. The number of thioether (sulfide) groups is 1. The molecule has 0 fully saturated rings. The molecule has 1 aliphatic carbocycles. The van der Waals surface area contributed by atoms with E-state index in [-0.39, 0.29) is 22.5 Å². The van der Waals surface area contributed by atoms with E-state index in [1.807, 2.05) is 0 Å². The molecule has 2 aromatic heterocycles. The highest BCUT2D eigenvalue weighted by atomic mass is 32.2. The normalized spacial score (nSPS) is 12.8. The number of thiophene rings is 1. The van der Waals surface area contributed by atoms with Gasteiger partial charge in [0.2, 0.25) is 5.91 Å². The fourth-order valence-electron chi connectivity index (χ4n) is 4.12. The summed E-state index contributed by atoms with van der Waals surface area (Å²) in [5.41, 5.74) is 1.74. The summed E-state index contributed by atoms with van der Waals surface area (Å²) in [7, 11) is 0. The van der Waals surface area contributed by atoms with Crippen LogP contribution in [0, 0.1) is 17.1 Å². The fraction of sp³-hybridized carbons (Fsp3) is 0.200. The molecule has 1 amide bonds. The summed E-state index contributed by atoms with van der Waals surface area (Å²) in [6, 6.07) is 15.1. The number of nitriles is 1. The van der Waals surface area contributed by atoms with E-state index in [0.717, 1.165) is 47.9 Å². The molecular weight excluding hydrogens is 471 g/mol. The van der Waals surface area contributed by atoms with Crippen LogP contribution in [0.4, 0.5) is 9.39 Å². The number of amides is 1. The van der Waals surface area contributed by atoms with Gasteiger partial charge in [-0.25, -0.2) is 9.37 Å². The van der Waals surface area contributed by atoms with Gasteiger partial charge in [0, 0.05) is 4.88 Å². The van der Waals surface area contributed by atoms with E-state index in [9.17, 15) is 19.2 Å². The summed E-state index contributed by atoms with van der Waals surface area (Å²) in [4.78, 5) is 31.8. The molecule has 0 saturated heterocycles. The zero-order valence-electron chi connectivity index (χ0n) is 18.0. The first kappa shape index (κ1) is 22.3. The second-order valence-corrected chi connectivity index (χ2v) is 9.91. The second kappa shape index (κ2) is 9.41. The van der Waals surface area contributed by atoms with E-state index in [1.54, 1.807) is 36.4 Å². The quantitative estimate of drug-likeness (QED) is 0.312. The number of nitrogens with zero attached hydrogens (tertiary/aromatic N) is 3. The lowest BCUT2D eigenvalue weighted by Gasteiger charge is -2.13. The van der Waals surface area contributed by atoms with Crippen LogP contribution in [0.1, 0.15) is 28.8 Å². The van der Waals surface area contributed by atoms with Crippen LogP contribution in [0.5, 0.6) is 0 Å². The summed E-state index contributed by atoms with van der Waals surface area (Å²) >= 11 is 2.51. The van der Waals surface area contributed by atoms with Crippen LogP contribution in [0.25, 0.3) is 16.6 Å². The van der Waals surface area contributed by atoms with E-state index < -0.39 is 11.4 Å². The van der Waals surface area contributed by atoms with Crippen LogP contribution in [0.3, 0.4) is 0 Å². The van der Waals surface area contributed by atoms with Crippen molar-refractivity contribution in [3.8, 4) is 11.8 Å². The average Bonchev–Trinajstić information content (AvgIpc) is 3.20. The number of aromatic nitrogens is 2. The topological polar surface area (TPSA) is 87.8 Å². The maximum atomic E-state index is 14.6. The summed E-state index contributed by atoms with van der Waals surface area (Å²) in [5.74, 6) is -0.925. The highest BCUT2D eigenvalue weighted by molar-refractivity contribution is 7.99.